The second kappa shape index (κ2) is 31.8. The van der Waals surface area contributed by atoms with Crippen LogP contribution in [-0.2, 0) is 43.8 Å². The maximum Gasteiger partial charge on any atom is 0.276 e. The summed E-state index contributed by atoms with van der Waals surface area (Å²) in [5.41, 5.74) is 27.5. The number of aromatic nitrogens is 9. The van der Waals surface area contributed by atoms with Gasteiger partial charge >= 0.3 is 0 Å². The number of primary amides is 2. The monoisotopic (exact) mass is 1430 g/mol. The number of nitrogens with two attached hydrogens (primary N) is 3. The molecule has 6 aromatic heterocycles. The van der Waals surface area contributed by atoms with Crippen molar-refractivity contribution < 1.29 is 38.2 Å². The van der Waals surface area contributed by atoms with E-state index in [1.165, 1.54) is 41.3 Å². The number of methoxy groups -OCH3 is 1. The van der Waals surface area contributed by atoms with Gasteiger partial charge in [0.05, 0.1) is 41.8 Å². The molecule has 9 aromatic rings. The third kappa shape index (κ3) is 15.8. The molecule has 0 radical (unpaired) electrons. The zero-order valence-electron chi connectivity index (χ0n) is 60.3. The molecule has 2 bridgehead atoms. The number of nitrogens with zero attached hydrogens (tertiary/aromatic N) is 12. The minimum atomic E-state index is -0.672. The molecule has 13 rings (SSSR count). The van der Waals surface area contributed by atoms with Crippen LogP contribution in [0.15, 0.2) is 78.9 Å². The van der Waals surface area contributed by atoms with E-state index in [4.69, 9.17) is 36.6 Å². The van der Waals surface area contributed by atoms with Crippen molar-refractivity contribution in [1.82, 2.24) is 64.1 Å². The number of rotatable bonds is 30. The predicted molar refractivity (Wildman–Crippen MR) is 403 cm³/mol. The largest absolute Gasteiger partial charge is 0.494 e. The SMILES string of the molecule is CCn1nc(C)cc1C(=O)Nc1nc2cc(C(N)=O)cc(OC)c2n1C/C=C/Cn1c(NC(=O)c2cc(C)nn2CC)nc2cc(C(N)=O)cc(OCCCN3CCN(CCCCCCCNC(=O)C4C[C@H]5CC[C@@H](C4)N5c4ccc5c(c4)CC[C@H](NC(=O)c4sc6nc(C)ccc6c4N)C5)CC3)c21. The van der Waals surface area contributed by atoms with Crippen LogP contribution in [0.4, 0.5) is 23.3 Å². The molecular weight excluding hydrogens is 1340 g/mol. The third-order valence-corrected chi connectivity index (χ3v) is 22.0. The van der Waals surface area contributed by atoms with Crippen molar-refractivity contribution in [2.24, 2.45) is 17.4 Å². The number of fused-ring (bicyclic) bond motifs is 6. The van der Waals surface area contributed by atoms with E-state index in [2.05, 4.69) is 69.3 Å². The fourth-order valence-corrected chi connectivity index (χ4v) is 16.6. The molecule has 1 aliphatic carbocycles. The van der Waals surface area contributed by atoms with Gasteiger partial charge in [0, 0.05) is 117 Å². The van der Waals surface area contributed by atoms with E-state index in [0.717, 1.165) is 139 Å². The fourth-order valence-electron chi connectivity index (χ4n) is 15.6. The molecule has 9 heterocycles. The van der Waals surface area contributed by atoms with Crippen molar-refractivity contribution in [3.63, 3.8) is 0 Å². The lowest BCUT2D eigenvalue weighted by atomic mass is 9.86. The molecule has 3 fully saturated rings. The Morgan fingerprint density at radius 2 is 1.21 bits per heavy atom. The summed E-state index contributed by atoms with van der Waals surface area (Å²) in [7, 11) is 1.47. The minimum absolute atomic E-state index is 0.0381. The molecule has 10 N–H and O–H groups in total. The first kappa shape index (κ1) is 72.2. The fraction of sp³-hybridized carbons (Fsp3) is 0.461. The number of unbranched alkanes of at least 4 members (excludes halogenated alkanes) is 4. The van der Waals surface area contributed by atoms with Crippen LogP contribution in [0, 0.1) is 26.7 Å². The second-order valence-electron chi connectivity index (χ2n) is 28.0. The molecule has 104 heavy (non-hydrogen) atoms. The predicted octanol–water partition coefficient (Wildman–Crippen LogP) is 9.09. The van der Waals surface area contributed by atoms with E-state index in [9.17, 15) is 28.8 Å². The molecule has 3 saturated heterocycles. The van der Waals surface area contributed by atoms with Crippen LogP contribution in [0.3, 0.4) is 0 Å². The van der Waals surface area contributed by atoms with E-state index < -0.39 is 23.6 Å². The Hall–Kier alpha value is -10.2. The van der Waals surface area contributed by atoms with Crippen molar-refractivity contribution in [2.45, 2.75) is 162 Å². The van der Waals surface area contributed by atoms with E-state index in [0.29, 0.717) is 105 Å². The number of benzene rings is 3. The van der Waals surface area contributed by atoms with Gasteiger partial charge in [-0.05, 0) is 177 Å². The van der Waals surface area contributed by atoms with Gasteiger partial charge in [0.25, 0.3) is 17.7 Å². The number of carbonyl (C=O) groups is 6. The Balaban J connectivity index is 0.563. The highest BCUT2D eigenvalue weighted by atomic mass is 32.1. The smallest absolute Gasteiger partial charge is 0.276 e. The number of imidazole rings is 2. The highest BCUT2D eigenvalue weighted by molar-refractivity contribution is 7.21. The highest BCUT2D eigenvalue weighted by Crippen LogP contribution is 2.43. The zero-order chi connectivity index (χ0) is 72.9. The molecule has 6 amide bonds. The molecule has 28 heteroatoms. The van der Waals surface area contributed by atoms with Crippen molar-refractivity contribution >= 4 is 102 Å². The average Bonchev–Trinajstić information content (AvgIpc) is 1.58. The van der Waals surface area contributed by atoms with Crippen molar-refractivity contribution in [2.75, 3.05) is 80.8 Å². The van der Waals surface area contributed by atoms with Gasteiger partial charge < -0.3 is 61.1 Å². The van der Waals surface area contributed by atoms with Crippen LogP contribution in [0.5, 0.6) is 11.5 Å². The van der Waals surface area contributed by atoms with E-state index in [1.807, 2.05) is 63.5 Å². The molecule has 4 atom stereocenters. The number of hydrogen-bond acceptors (Lipinski definition) is 18. The molecule has 548 valence electrons. The second-order valence-corrected chi connectivity index (χ2v) is 29.0. The maximum atomic E-state index is 14.1. The summed E-state index contributed by atoms with van der Waals surface area (Å²) in [4.78, 5) is 103. The molecular formula is C76H95N19O8S. The summed E-state index contributed by atoms with van der Waals surface area (Å²) in [6.07, 6.45) is 16.5. The van der Waals surface area contributed by atoms with Crippen LogP contribution in [0.1, 0.15) is 164 Å². The van der Waals surface area contributed by atoms with Crippen LogP contribution >= 0.6 is 11.3 Å². The molecule has 0 saturated carbocycles. The summed E-state index contributed by atoms with van der Waals surface area (Å²) in [5.74, 6) is -1.02. The van der Waals surface area contributed by atoms with Crippen molar-refractivity contribution in [1.29, 1.82) is 0 Å². The van der Waals surface area contributed by atoms with Crippen LogP contribution in [0.2, 0.25) is 0 Å². The number of piperidine rings is 1. The summed E-state index contributed by atoms with van der Waals surface area (Å²) in [6, 6.07) is 21.2. The normalized spacial score (nSPS) is 17.7. The van der Waals surface area contributed by atoms with Crippen LogP contribution in [-0.4, -0.2) is 167 Å². The number of anilines is 4. The molecule has 0 spiro atoms. The number of pyridine rings is 1. The number of carbonyl (C=O) groups excluding carboxylic acids is 6. The number of hydrogen-bond donors (Lipinski definition) is 7. The first-order chi connectivity index (χ1) is 50.3. The summed E-state index contributed by atoms with van der Waals surface area (Å²) in [6.45, 7) is 17.4. The lowest BCUT2D eigenvalue weighted by Crippen LogP contribution is -2.47. The van der Waals surface area contributed by atoms with Crippen molar-refractivity contribution in [3.8, 4) is 11.5 Å². The summed E-state index contributed by atoms with van der Waals surface area (Å²) < 4.78 is 19.2. The maximum absolute atomic E-state index is 14.1. The van der Waals surface area contributed by atoms with E-state index >= 15 is 0 Å². The topological polar surface area (TPSA) is 341 Å². The molecule has 1 unspecified atom stereocenters. The number of ether oxygens (including phenoxy) is 2. The number of nitrogen functional groups attached to an aromatic ring is 1. The Kier molecular flexibility index (Phi) is 22.1. The Morgan fingerprint density at radius 3 is 1.81 bits per heavy atom. The minimum Gasteiger partial charge on any atom is -0.494 e. The highest BCUT2D eigenvalue weighted by Gasteiger charge is 2.43. The molecule has 3 aromatic carbocycles. The van der Waals surface area contributed by atoms with E-state index in [-0.39, 0.29) is 59.9 Å². The quantitative estimate of drug-likeness (QED) is 0.0163. The van der Waals surface area contributed by atoms with Gasteiger partial charge in [-0.25, -0.2) is 15.0 Å². The molecule has 27 nitrogen and oxygen atoms in total. The van der Waals surface area contributed by atoms with Gasteiger partial charge in [0.15, 0.2) is 0 Å². The van der Waals surface area contributed by atoms with Gasteiger partial charge in [-0.2, -0.15) is 10.2 Å². The van der Waals surface area contributed by atoms with E-state index in [1.54, 1.807) is 44.3 Å². The van der Waals surface area contributed by atoms with Gasteiger partial charge in [0.1, 0.15) is 43.6 Å². The number of aryl methyl sites for hydroxylation is 6. The standard InChI is InChI=1S/C76H95N19O8S/c1-7-93-60(35-46(4)87-93)71(99)85-75-83-58-41-50(68(78)96)43-62(102-6)65(58)91(75)28-14-15-29-92-66-59(84-76(92)86-72(100)61-36-47(5)88-94(61)8-2)42-51(69(79)97)44-63(66)103-34-16-27-90-32-30-89(31-33-90)26-13-11-9-10-12-25-80-70(98)52-39-55-22-23-56(40-52)95(55)54-21-19-48-37-53(20-18-49(48)38-54)82-73(101)67-64(77)57-24-17-45(3)81-74(57)104-67/h14-15,17,19,21,24,35-36,38,41-44,52-53,55-56H,7-13,16,18,20,22-23,25-34,37,39-40,77H2,1-6H3,(H2,78,96)(H2,79,97)(H,80,98)(H,82,101)(H,83,85,99)(H,84,86,100)/b15-14+/t52?,53-,55-,56+/m0/s1. The van der Waals surface area contributed by atoms with Crippen molar-refractivity contribution in [3.05, 3.63) is 134 Å². The zero-order valence-corrected chi connectivity index (χ0v) is 61.1. The van der Waals surface area contributed by atoms with Crippen LogP contribution < -0.4 is 52.8 Å². The number of piperazine rings is 1. The van der Waals surface area contributed by atoms with Gasteiger partial charge in [0.2, 0.25) is 29.6 Å². The molecule has 4 aliphatic rings. The number of thiophene rings is 1. The summed E-state index contributed by atoms with van der Waals surface area (Å²) in [5, 5.41) is 22.3. The first-order valence-corrected chi connectivity index (χ1v) is 37.4. The first-order valence-electron chi connectivity index (χ1n) is 36.6. The van der Waals surface area contributed by atoms with Gasteiger partial charge in [-0.15, -0.1) is 11.3 Å². The Bertz CT molecular complexity index is 4730. The average molecular weight is 1430 g/mol. The molecule has 3 aliphatic heterocycles. The number of allylic oxidation sites excluding steroid dienone is 2. The number of nitrogens with one attached hydrogen (secondary N) is 4. The number of amides is 6. The Morgan fingerprint density at radius 1 is 0.635 bits per heavy atom. The van der Waals surface area contributed by atoms with Gasteiger partial charge in [-0.1, -0.05) is 37.5 Å². The summed E-state index contributed by atoms with van der Waals surface area (Å²) >= 11 is 1.36. The lowest BCUT2D eigenvalue weighted by molar-refractivity contribution is -0.126. The third-order valence-electron chi connectivity index (χ3n) is 20.9. The lowest BCUT2D eigenvalue weighted by Gasteiger charge is -2.40. The van der Waals surface area contributed by atoms with Gasteiger partial charge in [-0.3, -0.25) is 48.8 Å². The Labute approximate surface area is 608 Å². The van der Waals surface area contributed by atoms with Crippen LogP contribution in [0.25, 0.3) is 32.3 Å².